The van der Waals surface area contributed by atoms with E-state index in [4.69, 9.17) is 4.43 Å². The predicted molar refractivity (Wildman–Crippen MR) is 42.3 cm³/mol. The lowest BCUT2D eigenvalue weighted by molar-refractivity contribution is 0.404. The highest BCUT2D eigenvalue weighted by Gasteiger charge is 2.19. The third-order valence-electron chi connectivity index (χ3n) is 1.44. The molecule has 0 amide bonds. The Morgan fingerprint density at radius 3 is 2.60 bits per heavy atom. The Kier molecular flexibility index (Phi) is 4.19. The van der Waals surface area contributed by atoms with Gasteiger partial charge in [0.05, 0.1) is 6.54 Å². The molecule has 0 unspecified atom stereocenters. The molecule has 0 heterocycles. The molecule has 0 rings (SSSR count). The zero-order valence-electron chi connectivity index (χ0n) is 6.68. The van der Waals surface area contributed by atoms with Crippen LogP contribution in [-0.4, -0.2) is 28.1 Å². The highest BCUT2D eigenvalue weighted by Crippen LogP contribution is 2.08. The van der Waals surface area contributed by atoms with E-state index in [1.807, 2.05) is 0 Å². The molecule has 0 atom stereocenters. The van der Waals surface area contributed by atoms with Gasteiger partial charge in [-0.2, -0.15) is 0 Å². The summed E-state index contributed by atoms with van der Waals surface area (Å²) in [5, 5.41) is 0. The van der Waals surface area contributed by atoms with E-state index < -0.39 is 8.32 Å². The first-order valence-corrected chi connectivity index (χ1v) is 6.33. The summed E-state index contributed by atoms with van der Waals surface area (Å²) in [5.41, 5.74) is 0. The zero-order chi connectivity index (χ0) is 8.04. The van der Waals surface area contributed by atoms with Crippen molar-refractivity contribution in [1.82, 2.24) is 0 Å². The van der Waals surface area contributed by atoms with Crippen LogP contribution in [0.5, 0.6) is 0 Å². The lowest BCUT2D eigenvalue weighted by Crippen LogP contribution is -2.28. The fourth-order valence-corrected chi connectivity index (χ4v) is 1.33. The molecule has 0 aliphatic rings. The maximum absolute atomic E-state index is 9.66. The Balaban J connectivity index is 3.56. The van der Waals surface area contributed by atoms with Crippen molar-refractivity contribution in [3.05, 3.63) is 0 Å². The van der Waals surface area contributed by atoms with Gasteiger partial charge in [0.15, 0.2) is 8.32 Å². The van der Waals surface area contributed by atoms with Gasteiger partial charge in [-0.1, -0.05) is 0 Å². The minimum absolute atomic E-state index is 0.552. The zero-order valence-corrected chi connectivity index (χ0v) is 7.68. The van der Waals surface area contributed by atoms with Crippen LogP contribution in [0, 0.1) is 0 Å². The number of nitrogens with zero attached hydrogens (tertiary/aromatic N) is 1. The highest BCUT2D eigenvalue weighted by atomic mass is 28.4. The Morgan fingerprint density at radius 2 is 2.20 bits per heavy atom. The first-order chi connectivity index (χ1) is 4.62. The summed E-state index contributed by atoms with van der Waals surface area (Å²) in [6.45, 7) is 4.73. The van der Waals surface area contributed by atoms with E-state index in [1.54, 1.807) is 7.11 Å². The number of hydrogen-bond acceptors (Lipinski definition) is 3. The van der Waals surface area contributed by atoms with E-state index in [-0.39, 0.29) is 0 Å². The fraction of sp³-hybridized carbons (Fsp3) is 0.833. The first-order valence-electron chi connectivity index (χ1n) is 3.21. The summed E-state index contributed by atoms with van der Waals surface area (Å²) in [6, 6.07) is 0.888. The minimum atomic E-state index is -1.49. The van der Waals surface area contributed by atoms with Gasteiger partial charge in [0.1, 0.15) is 0 Å². The van der Waals surface area contributed by atoms with E-state index in [0.29, 0.717) is 6.54 Å². The summed E-state index contributed by atoms with van der Waals surface area (Å²) < 4.78 is 5.23. The van der Waals surface area contributed by atoms with Crippen LogP contribution in [0.3, 0.4) is 0 Å². The number of isocyanates is 1. The Labute approximate surface area is 62.2 Å². The normalized spacial score (nSPS) is 10.7. The summed E-state index contributed by atoms with van der Waals surface area (Å²) in [5.74, 6) is 0. The largest absolute Gasteiger partial charge is 0.420 e. The van der Waals surface area contributed by atoms with E-state index in [9.17, 15) is 4.79 Å². The van der Waals surface area contributed by atoms with Gasteiger partial charge in [-0.05, 0) is 19.1 Å². The van der Waals surface area contributed by atoms with Crippen molar-refractivity contribution in [3.8, 4) is 0 Å². The van der Waals surface area contributed by atoms with Gasteiger partial charge in [-0.15, -0.1) is 0 Å². The van der Waals surface area contributed by atoms with Gasteiger partial charge in [-0.25, -0.2) is 9.79 Å². The summed E-state index contributed by atoms with van der Waals surface area (Å²) in [7, 11) is 0.218. The molecule has 0 saturated heterocycles. The van der Waals surface area contributed by atoms with Crippen LogP contribution in [-0.2, 0) is 9.22 Å². The minimum Gasteiger partial charge on any atom is -0.420 e. The monoisotopic (exact) mass is 159 g/mol. The SMILES string of the molecule is CO[Si](C)(C)CCN=C=O. The molecule has 0 bridgehead atoms. The molecule has 0 aromatic carbocycles. The standard InChI is InChI=1S/C6H13NO2Si/c1-9-10(2,3)5-4-7-6-8/h4-5H2,1-3H3. The molecule has 58 valence electrons. The molecule has 0 aliphatic heterocycles. The van der Waals surface area contributed by atoms with Gasteiger partial charge in [0, 0.05) is 7.11 Å². The smallest absolute Gasteiger partial charge is 0.234 e. The van der Waals surface area contributed by atoms with E-state index in [1.165, 1.54) is 6.08 Å². The average Bonchev–Trinajstić information content (AvgIpc) is 1.89. The molecule has 0 spiro atoms. The molecule has 0 aromatic heterocycles. The van der Waals surface area contributed by atoms with Crippen LogP contribution in [0.1, 0.15) is 0 Å². The van der Waals surface area contributed by atoms with Crippen LogP contribution in [0.25, 0.3) is 0 Å². The predicted octanol–water partition coefficient (Wildman–Crippen LogP) is 1.17. The number of aliphatic imine (C=N–C) groups is 1. The quantitative estimate of drug-likeness (QED) is 0.351. The second kappa shape index (κ2) is 4.38. The summed E-state index contributed by atoms with van der Waals surface area (Å²) in [6.07, 6.45) is 1.51. The van der Waals surface area contributed by atoms with Gasteiger partial charge in [-0.3, -0.25) is 0 Å². The van der Waals surface area contributed by atoms with Crippen molar-refractivity contribution >= 4 is 14.4 Å². The second-order valence-corrected chi connectivity index (χ2v) is 7.11. The van der Waals surface area contributed by atoms with Crippen molar-refractivity contribution in [3.63, 3.8) is 0 Å². The third kappa shape index (κ3) is 4.44. The van der Waals surface area contributed by atoms with E-state index >= 15 is 0 Å². The second-order valence-electron chi connectivity index (χ2n) is 2.69. The van der Waals surface area contributed by atoms with Crippen LogP contribution < -0.4 is 0 Å². The molecule has 4 heteroatoms. The van der Waals surface area contributed by atoms with Crippen molar-refractivity contribution < 1.29 is 9.22 Å². The molecule has 0 saturated carbocycles. The Bertz CT molecular complexity index is 141. The molecular weight excluding hydrogens is 146 g/mol. The van der Waals surface area contributed by atoms with Gasteiger partial charge < -0.3 is 4.43 Å². The van der Waals surface area contributed by atoms with Crippen LogP contribution in [0.4, 0.5) is 0 Å². The molecule has 3 nitrogen and oxygen atoms in total. The topological polar surface area (TPSA) is 38.7 Å². The molecule has 10 heavy (non-hydrogen) atoms. The molecule has 0 fully saturated rings. The van der Waals surface area contributed by atoms with Crippen LogP contribution >= 0.6 is 0 Å². The number of hydrogen-bond donors (Lipinski definition) is 0. The average molecular weight is 159 g/mol. The van der Waals surface area contributed by atoms with E-state index in [0.717, 1.165) is 6.04 Å². The van der Waals surface area contributed by atoms with Crippen molar-refractivity contribution in [2.75, 3.05) is 13.7 Å². The number of carbonyl (C=O) groups excluding carboxylic acids is 1. The summed E-state index contributed by atoms with van der Waals surface area (Å²) in [4.78, 5) is 13.1. The fourth-order valence-electron chi connectivity index (χ4n) is 0.473. The molecule has 0 aliphatic carbocycles. The van der Waals surface area contributed by atoms with Gasteiger partial charge in [0.25, 0.3) is 0 Å². The van der Waals surface area contributed by atoms with Crippen molar-refractivity contribution in [1.29, 1.82) is 0 Å². The van der Waals surface area contributed by atoms with Crippen LogP contribution in [0.15, 0.2) is 4.99 Å². The molecule has 0 aromatic rings. The van der Waals surface area contributed by atoms with Gasteiger partial charge >= 0.3 is 0 Å². The maximum atomic E-state index is 9.66. The lowest BCUT2D eigenvalue weighted by atomic mass is 10.8. The molecular formula is C6H13NO2Si. The van der Waals surface area contributed by atoms with Crippen molar-refractivity contribution in [2.24, 2.45) is 4.99 Å². The molecule has 0 radical (unpaired) electrons. The van der Waals surface area contributed by atoms with E-state index in [2.05, 4.69) is 18.1 Å². The van der Waals surface area contributed by atoms with Crippen LogP contribution in [0.2, 0.25) is 19.1 Å². The highest BCUT2D eigenvalue weighted by molar-refractivity contribution is 6.71. The third-order valence-corrected chi connectivity index (χ3v) is 3.98. The van der Waals surface area contributed by atoms with Gasteiger partial charge in [0.2, 0.25) is 6.08 Å². The van der Waals surface area contributed by atoms with Crippen molar-refractivity contribution in [2.45, 2.75) is 19.1 Å². The first kappa shape index (κ1) is 9.56. The summed E-state index contributed by atoms with van der Waals surface area (Å²) >= 11 is 0. The molecule has 0 N–H and O–H groups in total. The maximum Gasteiger partial charge on any atom is 0.234 e. The lowest BCUT2D eigenvalue weighted by Gasteiger charge is -2.17. The Morgan fingerprint density at radius 1 is 1.60 bits per heavy atom. The Hall–Kier alpha value is -0.443. The number of rotatable bonds is 4.